The fraction of sp³-hybridized carbons (Fsp3) is 0.500. The summed E-state index contributed by atoms with van der Waals surface area (Å²) in [4.78, 5) is 22.0. The molecule has 0 bridgehead atoms. The fourth-order valence-electron chi connectivity index (χ4n) is 4.11. The number of hydrogen-bond donors (Lipinski definition) is 0. The highest BCUT2D eigenvalue weighted by atomic mass is 32.1. The molecule has 1 aliphatic carbocycles. The number of hydrogen-bond acceptors (Lipinski definition) is 4. The highest BCUT2D eigenvalue weighted by Gasteiger charge is 2.30. The summed E-state index contributed by atoms with van der Waals surface area (Å²) in [7, 11) is 0. The fourth-order valence-corrected chi connectivity index (χ4v) is 5.19. The van der Waals surface area contributed by atoms with Crippen molar-refractivity contribution in [2.45, 2.75) is 38.6 Å². The number of halogens is 2. The maximum absolute atomic E-state index is 14.0. The third-order valence-electron chi connectivity index (χ3n) is 5.61. The zero-order valence-electron chi connectivity index (χ0n) is 15.4. The number of aryl methyl sites for hydroxylation is 1. The van der Waals surface area contributed by atoms with Gasteiger partial charge in [-0.05, 0) is 31.9 Å². The molecule has 4 nitrogen and oxygen atoms in total. The number of benzene rings is 1. The molecule has 0 N–H and O–H groups in total. The van der Waals surface area contributed by atoms with Gasteiger partial charge >= 0.3 is 0 Å². The van der Waals surface area contributed by atoms with Gasteiger partial charge in [0.2, 0.25) is 0 Å². The smallest absolute Gasteiger partial charge is 0.265 e. The lowest BCUT2D eigenvalue weighted by atomic mass is 10.1. The van der Waals surface area contributed by atoms with Crippen molar-refractivity contribution in [3.05, 3.63) is 40.4 Å². The SMILES string of the molecule is Cc1nc(-c2c(F)cccc2F)sc1C(=O)N1CCN(C2CCCC2)CC1. The van der Waals surface area contributed by atoms with Gasteiger partial charge in [0.1, 0.15) is 21.5 Å². The lowest BCUT2D eigenvalue weighted by Crippen LogP contribution is -2.51. The van der Waals surface area contributed by atoms with Crippen LogP contribution in [0.5, 0.6) is 0 Å². The van der Waals surface area contributed by atoms with Crippen LogP contribution in [-0.2, 0) is 0 Å². The first-order valence-electron chi connectivity index (χ1n) is 9.49. The Morgan fingerprint density at radius 3 is 2.37 bits per heavy atom. The second-order valence-electron chi connectivity index (χ2n) is 7.30. The molecule has 27 heavy (non-hydrogen) atoms. The maximum atomic E-state index is 14.0. The molecule has 1 saturated carbocycles. The van der Waals surface area contributed by atoms with Crippen LogP contribution in [0.3, 0.4) is 0 Å². The summed E-state index contributed by atoms with van der Waals surface area (Å²) in [6.07, 6.45) is 5.14. The molecule has 0 radical (unpaired) electrons. The third kappa shape index (κ3) is 3.62. The van der Waals surface area contributed by atoms with E-state index in [-0.39, 0.29) is 16.5 Å². The Labute approximate surface area is 161 Å². The molecule has 0 atom stereocenters. The van der Waals surface area contributed by atoms with Gasteiger partial charge in [-0.25, -0.2) is 13.8 Å². The summed E-state index contributed by atoms with van der Waals surface area (Å²) in [5.74, 6) is -1.40. The van der Waals surface area contributed by atoms with Crippen molar-refractivity contribution in [1.82, 2.24) is 14.8 Å². The molecule has 4 rings (SSSR count). The lowest BCUT2D eigenvalue weighted by molar-refractivity contribution is 0.0577. The predicted octanol–water partition coefficient (Wildman–Crippen LogP) is 4.10. The summed E-state index contributed by atoms with van der Waals surface area (Å²) in [6.45, 7) is 4.89. The van der Waals surface area contributed by atoms with E-state index in [1.807, 2.05) is 4.90 Å². The number of piperazine rings is 1. The van der Waals surface area contributed by atoms with Crippen LogP contribution in [0.25, 0.3) is 10.6 Å². The maximum Gasteiger partial charge on any atom is 0.265 e. The Bertz CT molecular complexity index is 819. The van der Waals surface area contributed by atoms with Crippen LogP contribution < -0.4 is 0 Å². The van der Waals surface area contributed by atoms with Gasteiger partial charge in [-0.3, -0.25) is 9.69 Å². The monoisotopic (exact) mass is 391 g/mol. The zero-order chi connectivity index (χ0) is 19.0. The average Bonchev–Trinajstić information content (AvgIpc) is 3.31. The van der Waals surface area contributed by atoms with Crippen LogP contribution in [0.4, 0.5) is 8.78 Å². The largest absolute Gasteiger partial charge is 0.335 e. The molecule has 1 saturated heterocycles. The van der Waals surface area contributed by atoms with Gasteiger partial charge in [0.05, 0.1) is 11.3 Å². The van der Waals surface area contributed by atoms with Crippen molar-refractivity contribution in [3.8, 4) is 10.6 Å². The van der Waals surface area contributed by atoms with E-state index >= 15 is 0 Å². The molecular weight excluding hydrogens is 368 g/mol. The van der Waals surface area contributed by atoms with Crippen LogP contribution in [0.15, 0.2) is 18.2 Å². The standard InChI is InChI=1S/C20H23F2N3OS/c1-13-18(27-19(23-13)17-15(21)7-4-8-16(17)22)20(26)25-11-9-24(10-12-25)14-5-2-3-6-14/h4,7-8,14H,2-3,5-6,9-12H2,1H3. The Kier molecular flexibility index (Phi) is 5.23. The van der Waals surface area contributed by atoms with Gasteiger partial charge in [-0.2, -0.15) is 0 Å². The highest BCUT2D eigenvalue weighted by molar-refractivity contribution is 7.17. The van der Waals surface area contributed by atoms with E-state index in [1.54, 1.807) is 6.92 Å². The first-order valence-corrected chi connectivity index (χ1v) is 10.3. The quantitative estimate of drug-likeness (QED) is 0.791. The van der Waals surface area contributed by atoms with Gasteiger partial charge in [-0.1, -0.05) is 18.9 Å². The van der Waals surface area contributed by atoms with Crippen molar-refractivity contribution in [2.24, 2.45) is 0 Å². The van der Waals surface area contributed by atoms with E-state index in [1.165, 1.54) is 43.9 Å². The Balaban J connectivity index is 1.49. The molecule has 2 fully saturated rings. The lowest BCUT2D eigenvalue weighted by Gasteiger charge is -2.37. The van der Waals surface area contributed by atoms with Crippen molar-refractivity contribution >= 4 is 17.2 Å². The Morgan fingerprint density at radius 2 is 1.74 bits per heavy atom. The minimum absolute atomic E-state index is 0.0842. The van der Waals surface area contributed by atoms with Gasteiger partial charge in [0, 0.05) is 32.2 Å². The molecule has 7 heteroatoms. The van der Waals surface area contributed by atoms with Gasteiger partial charge < -0.3 is 4.90 Å². The molecule has 2 aliphatic rings. The number of carbonyl (C=O) groups is 1. The van der Waals surface area contributed by atoms with Crippen LogP contribution in [0, 0.1) is 18.6 Å². The summed E-state index contributed by atoms with van der Waals surface area (Å²) in [5, 5.41) is 0.219. The third-order valence-corrected chi connectivity index (χ3v) is 6.77. The molecule has 2 heterocycles. The van der Waals surface area contributed by atoms with Gasteiger partial charge in [-0.15, -0.1) is 11.3 Å². The van der Waals surface area contributed by atoms with Crippen LogP contribution in [0.2, 0.25) is 0 Å². The zero-order valence-corrected chi connectivity index (χ0v) is 16.2. The van der Waals surface area contributed by atoms with Crippen molar-refractivity contribution in [2.75, 3.05) is 26.2 Å². The molecule has 1 amide bonds. The van der Waals surface area contributed by atoms with Gasteiger partial charge in [0.25, 0.3) is 5.91 Å². The number of carbonyl (C=O) groups excluding carboxylic acids is 1. The number of thiazole rings is 1. The Hall–Kier alpha value is -1.86. The van der Waals surface area contributed by atoms with E-state index < -0.39 is 11.6 Å². The molecule has 1 aromatic heterocycles. The van der Waals surface area contributed by atoms with Crippen LogP contribution in [-0.4, -0.2) is 52.9 Å². The van der Waals surface area contributed by atoms with Crippen molar-refractivity contribution in [3.63, 3.8) is 0 Å². The average molecular weight is 391 g/mol. The minimum Gasteiger partial charge on any atom is -0.335 e. The number of aromatic nitrogens is 1. The van der Waals surface area contributed by atoms with Crippen LogP contribution in [0.1, 0.15) is 41.0 Å². The number of amides is 1. The first kappa shape index (κ1) is 18.5. The topological polar surface area (TPSA) is 36.4 Å². The number of rotatable bonds is 3. The van der Waals surface area contributed by atoms with E-state index in [4.69, 9.17) is 0 Å². The molecular formula is C20H23F2N3OS. The molecule has 144 valence electrons. The molecule has 1 aliphatic heterocycles. The molecule has 0 spiro atoms. The minimum atomic E-state index is -0.659. The normalized spacial score (nSPS) is 19.0. The summed E-state index contributed by atoms with van der Waals surface area (Å²) in [6, 6.07) is 4.41. The Morgan fingerprint density at radius 1 is 1.11 bits per heavy atom. The summed E-state index contributed by atoms with van der Waals surface area (Å²) in [5.41, 5.74) is 0.372. The molecule has 1 aromatic carbocycles. The highest BCUT2D eigenvalue weighted by Crippen LogP contribution is 2.33. The van der Waals surface area contributed by atoms with Crippen LogP contribution >= 0.6 is 11.3 Å². The second-order valence-corrected chi connectivity index (χ2v) is 8.30. The molecule has 2 aromatic rings. The van der Waals surface area contributed by atoms with E-state index in [0.29, 0.717) is 29.7 Å². The van der Waals surface area contributed by atoms with E-state index in [9.17, 15) is 13.6 Å². The summed E-state index contributed by atoms with van der Waals surface area (Å²) < 4.78 is 28.1. The molecule has 0 unspecified atom stereocenters. The first-order chi connectivity index (χ1) is 13.0. The van der Waals surface area contributed by atoms with E-state index in [2.05, 4.69) is 9.88 Å². The van der Waals surface area contributed by atoms with Crippen molar-refractivity contribution in [1.29, 1.82) is 0 Å². The van der Waals surface area contributed by atoms with E-state index in [0.717, 1.165) is 24.4 Å². The predicted molar refractivity (Wildman–Crippen MR) is 102 cm³/mol. The number of nitrogens with zero attached hydrogens (tertiary/aromatic N) is 3. The van der Waals surface area contributed by atoms with Gasteiger partial charge in [0.15, 0.2) is 0 Å². The second kappa shape index (κ2) is 7.64. The van der Waals surface area contributed by atoms with Crippen molar-refractivity contribution < 1.29 is 13.6 Å². The summed E-state index contributed by atoms with van der Waals surface area (Å²) >= 11 is 1.07.